The predicted octanol–water partition coefficient (Wildman–Crippen LogP) is 2.72. The second-order valence-electron chi connectivity index (χ2n) is 5.55. The van der Waals surface area contributed by atoms with Crippen LogP contribution in [0, 0.1) is 0 Å². The molecular weight excluding hydrogens is 260 g/mol. The third kappa shape index (κ3) is 2.11. The lowest BCUT2D eigenvalue weighted by atomic mass is 9.92. The highest BCUT2D eigenvalue weighted by Gasteiger charge is 2.21. The van der Waals surface area contributed by atoms with Gasteiger partial charge in [0.25, 0.3) is 0 Å². The van der Waals surface area contributed by atoms with Gasteiger partial charge in [0, 0.05) is 24.2 Å². The standard InChI is InChI=1S/C18H16N2O/c21-18-19-16-10-14-8-4-5-9-15(14)11-17(16)20(18)12-13-6-2-1-3-7-13/h1-9H,10-12H2,(H,19,21). The van der Waals surface area contributed by atoms with Crippen LogP contribution in [0.1, 0.15) is 28.1 Å². The smallest absolute Gasteiger partial charge is 0.309 e. The van der Waals surface area contributed by atoms with E-state index in [2.05, 4.69) is 41.4 Å². The van der Waals surface area contributed by atoms with Gasteiger partial charge in [-0.1, -0.05) is 54.6 Å². The molecule has 1 heterocycles. The van der Waals surface area contributed by atoms with Crippen LogP contribution in [-0.2, 0) is 19.4 Å². The van der Waals surface area contributed by atoms with E-state index in [-0.39, 0.29) is 5.69 Å². The number of benzene rings is 2. The molecule has 0 atom stereocenters. The molecule has 0 spiro atoms. The number of H-pyrrole nitrogens is 1. The molecule has 0 aliphatic heterocycles. The molecule has 0 bridgehead atoms. The Morgan fingerprint density at radius 3 is 2.33 bits per heavy atom. The third-order valence-corrected chi connectivity index (χ3v) is 4.20. The molecule has 3 heteroatoms. The Bertz CT molecular complexity index is 843. The molecule has 2 aromatic carbocycles. The number of nitrogens with zero attached hydrogens (tertiary/aromatic N) is 1. The van der Waals surface area contributed by atoms with Gasteiger partial charge in [0.15, 0.2) is 0 Å². The minimum Gasteiger partial charge on any atom is -0.309 e. The minimum atomic E-state index is -0.00309. The maximum Gasteiger partial charge on any atom is 0.326 e. The number of hydrogen-bond donors (Lipinski definition) is 1. The third-order valence-electron chi connectivity index (χ3n) is 4.20. The zero-order chi connectivity index (χ0) is 14.2. The van der Waals surface area contributed by atoms with Crippen LogP contribution in [0.15, 0.2) is 59.4 Å². The molecular formula is C18H16N2O. The molecule has 1 aliphatic carbocycles. The van der Waals surface area contributed by atoms with E-state index in [0.717, 1.165) is 29.8 Å². The van der Waals surface area contributed by atoms with Crippen LogP contribution >= 0.6 is 0 Å². The van der Waals surface area contributed by atoms with E-state index < -0.39 is 0 Å². The van der Waals surface area contributed by atoms with Gasteiger partial charge in [0.2, 0.25) is 0 Å². The topological polar surface area (TPSA) is 37.8 Å². The van der Waals surface area contributed by atoms with Crippen molar-refractivity contribution in [2.45, 2.75) is 19.4 Å². The molecule has 4 rings (SSSR count). The summed E-state index contributed by atoms with van der Waals surface area (Å²) in [6.07, 6.45) is 1.65. The summed E-state index contributed by atoms with van der Waals surface area (Å²) in [7, 11) is 0. The monoisotopic (exact) mass is 276 g/mol. The van der Waals surface area contributed by atoms with Crippen LogP contribution in [0.4, 0.5) is 0 Å². The molecule has 0 unspecified atom stereocenters. The van der Waals surface area contributed by atoms with E-state index >= 15 is 0 Å². The van der Waals surface area contributed by atoms with Crippen molar-refractivity contribution >= 4 is 0 Å². The summed E-state index contributed by atoms with van der Waals surface area (Å²) in [5, 5.41) is 0. The van der Waals surface area contributed by atoms with Crippen LogP contribution in [-0.4, -0.2) is 9.55 Å². The Morgan fingerprint density at radius 2 is 1.57 bits per heavy atom. The summed E-state index contributed by atoms with van der Waals surface area (Å²) in [5.41, 5.74) is 5.98. The fraction of sp³-hybridized carbons (Fsp3) is 0.167. The number of hydrogen-bond acceptors (Lipinski definition) is 1. The fourth-order valence-corrected chi connectivity index (χ4v) is 3.11. The first-order valence-corrected chi connectivity index (χ1v) is 7.22. The van der Waals surface area contributed by atoms with Crippen LogP contribution in [0.25, 0.3) is 0 Å². The number of rotatable bonds is 2. The first kappa shape index (κ1) is 12.2. The van der Waals surface area contributed by atoms with Gasteiger partial charge in [-0.05, 0) is 16.7 Å². The number of aromatic amines is 1. The van der Waals surface area contributed by atoms with Crippen LogP contribution < -0.4 is 5.69 Å². The van der Waals surface area contributed by atoms with Crippen LogP contribution in [0.3, 0.4) is 0 Å². The lowest BCUT2D eigenvalue weighted by Gasteiger charge is -2.17. The molecule has 104 valence electrons. The van der Waals surface area contributed by atoms with E-state index in [9.17, 15) is 4.79 Å². The van der Waals surface area contributed by atoms with E-state index in [4.69, 9.17) is 0 Å². The molecule has 1 aliphatic rings. The normalized spacial score (nSPS) is 12.8. The maximum absolute atomic E-state index is 12.3. The maximum atomic E-state index is 12.3. The highest BCUT2D eigenvalue weighted by atomic mass is 16.1. The Kier molecular flexibility index (Phi) is 2.78. The summed E-state index contributed by atoms with van der Waals surface area (Å²) in [4.78, 5) is 15.3. The average molecular weight is 276 g/mol. The summed E-state index contributed by atoms with van der Waals surface area (Å²) in [5.74, 6) is 0. The molecule has 0 fully saturated rings. The summed E-state index contributed by atoms with van der Waals surface area (Å²) in [6.45, 7) is 0.633. The van der Waals surface area contributed by atoms with Gasteiger partial charge >= 0.3 is 5.69 Å². The van der Waals surface area contributed by atoms with Crippen molar-refractivity contribution in [2.24, 2.45) is 0 Å². The van der Waals surface area contributed by atoms with Gasteiger partial charge in [-0.3, -0.25) is 4.57 Å². The van der Waals surface area contributed by atoms with Crippen molar-refractivity contribution in [1.29, 1.82) is 0 Å². The Morgan fingerprint density at radius 1 is 0.905 bits per heavy atom. The number of fused-ring (bicyclic) bond motifs is 2. The number of imidazole rings is 1. The minimum absolute atomic E-state index is 0.00309. The van der Waals surface area contributed by atoms with Crippen molar-refractivity contribution in [3.8, 4) is 0 Å². The molecule has 0 saturated carbocycles. The van der Waals surface area contributed by atoms with E-state index in [1.165, 1.54) is 11.1 Å². The van der Waals surface area contributed by atoms with Crippen LogP contribution in [0.2, 0.25) is 0 Å². The zero-order valence-electron chi connectivity index (χ0n) is 11.7. The van der Waals surface area contributed by atoms with E-state index in [1.807, 2.05) is 22.8 Å². The van der Waals surface area contributed by atoms with Crippen molar-refractivity contribution in [1.82, 2.24) is 9.55 Å². The first-order valence-electron chi connectivity index (χ1n) is 7.22. The quantitative estimate of drug-likeness (QED) is 0.600. The molecule has 21 heavy (non-hydrogen) atoms. The van der Waals surface area contributed by atoms with Gasteiger partial charge in [-0.2, -0.15) is 0 Å². The SMILES string of the molecule is O=c1[nH]c2c(n1Cc1ccccc1)Cc1ccccc1C2. The van der Waals surface area contributed by atoms with E-state index in [1.54, 1.807) is 0 Å². The van der Waals surface area contributed by atoms with Gasteiger partial charge in [-0.15, -0.1) is 0 Å². The lowest BCUT2D eigenvalue weighted by Crippen LogP contribution is -2.20. The number of nitrogens with one attached hydrogen (secondary N) is 1. The van der Waals surface area contributed by atoms with Crippen molar-refractivity contribution < 1.29 is 0 Å². The largest absolute Gasteiger partial charge is 0.326 e. The number of aromatic nitrogens is 2. The first-order chi connectivity index (χ1) is 10.3. The molecule has 0 amide bonds. The summed E-state index contributed by atoms with van der Waals surface area (Å²) in [6, 6.07) is 18.6. The highest BCUT2D eigenvalue weighted by Crippen LogP contribution is 2.25. The highest BCUT2D eigenvalue weighted by molar-refractivity contribution is 5.40. The Hall–Kier alpha value is -2.55. The molecule has 1 N–H and O–H groups in total. The second kappa shape index (κ2) is 4.77. The van der Waals surface area contributed by atoms with Crippen molar-refractivity contribution in [2.75, 3.05) is 0 Å². The van der Waals surface area contributed by atoms with Gasteiger partial charge in [0.1, 0.15) is 0 Å². The van der Waals surface area contributed by atoms with Gasteiger partial charge < -0.3 is 4.98 Å². The van der Waals surface area contributed by atoms with Crippen LogP contribution in [0.5, 0.6) is 0 Å². The zero-order valence-corrected chi connectivity index (χ0v) is 11.7. The van der Waals surface area contributed by atoms with Crippen molar-refractivity contribution in [3.05, 3.63) is 93.2 Å². The lowest BCUT2D eigenvalue weighted by molar-refractivity contribution is 0.717. The fourth-order valence-electron chi connectivity index (χ4n) is 3.11. The molecule has 3 aromatic rings. The second-order valence-corrected chi connectivity index (χ2v) is 5.55. The summed E-state index contributed by atoms with van der Waals surface area (Å²) < 4.78 is 1.88. The molecule has 0 radical (unpaired) electrons. The predicted molar refractivity (Wildman–Crippen MR) is 82.7 cm³/mol. The van der Waals surface area contributed by atoms with Gasteiger partial charge in [0.05, 0.1) is 6.54 Å². The van der Waals surface area contributed by atoms with E-state index in [0.29, 0.717) is 6.54 Å². The Labute approximate surface area is 122 Å². The molecule has 0 saturated heterocycles. The van der Waals surface area contributed by atoms with Crippen molar-refractivity contribution in [3.63, 3.8) is 0 Å². The average Bonchev–Trinajstić information content (AvgIpc) is 2.81. The molecule has 3 nitrogen and oxygen atoms in total. The summed E-state index contributed by atoms with van der Waals surface area (Å²) >= 11 is 0. The Balaban J connectivity index is 1.75. The molecule has 1 aromatic heterocycles. The van der Waals surface area contributed by atoms with Gasteiger partial charge in [-0.25, -0.2) is 4.79 Å².